The zero-order valence-corrected chi connectivity index (χ0v) is 16.1. The summed E-state index contributed by atoms with van der Waals surface area (Å²) in [7, 11) is -3.54. The van der Waals surface area contributed by atoms with Crippen molar-refractivity contribution >= 4 is 32.1 Å². The van der Waals surface area contributed by atoms with Crippen molar-refractivity contribution in [1.82, 2.24) is 9.62 Å². The summed E-state index contributed by atoms with van der Waals surface area (Å²) in [6.07, 6.45) is 2.36. The van der Waals surface area contributed by atoms with Crippen molar-refractivity contribution in [3.05, 3.63) is 64.9 Å². The lowest BCUT2D eigenvalue weighted by atomic mass is 10.1. The van der Waals surface area contributed by atoms with E-state index in [-0.39, 0.29) is 6.04 Å². The van der Waals surface area contributed by atoms with Gasteiger partial charge < -0.3 is 0 Å². The maximum atomic E-state index is 12.8. The van der Waals surface area contributed by atoms with Crippen LogP contribution in [0, 0.1) is 0 Å². The molecule has 1 N–H and O–H groups in total. The molecule has 6 heteroatoms. The molecule has 3 aromatic rings. The van der Waals surface area contributed by atoms with Gasteiger partial charge in [0.2, 0.25) is 10.0 Å². The third-order valence-electron chi connectivity index (χ3n) is 4.95. The van der Waals surface area contributed by atoms with E-state index in [0.29, 0.717) is 11.4 Å². The van der Waals surface area contributed by atoms with Crippen LogP contribution < -0.4 is 4.72 Å². The fourth-order valence-corrected chi connectivity index (χ4v) is 5.48. The molecule has 4 nitrogen and oxygen atoms in total. The summed E-state index contributed by atoms with van der Waals surface area (Å²) in [5.41, 5.74) is 0. The molecule has 0 amide bonds. The molecule has 1 aliphatic heterocycles. The maximum Gasteiger partial charge on any atom is 0.240 e. The van der Waals surface area contributed by atoms with E-state index in [0.717, 1.165) is 23.9 Å². The first-order valence-electron chi connectivity index (χ1n) is 8.89. The van der Waals surface area contributed by atoms with Crippen molar-refractivity contribution in [2.75, 3.05) is 19.6 Å². The van der Waals surface area contributed by atoms with Gasteiger partial charge >= 0.3 is 0 Å². The molecule has 1 atom stereocenters. The van der Waals surface area contributed by atoms with E-state index in [1.807, 2.05) is 36.4 Å². The van der Waals surface area contributed by atoms with Gasteiger partial charge in [0.15, 0.2) is 0 Å². The van der Waals surface area contributed by atoms with Crippen LogP contribution in [0.15, 0.2) is 64.9 Å². The molecule has 136 valence electrons. The van der Waals surface area contributed by atoms with E-state index >= 15 is 0 Å². The first-order valence-corrected chi connectivity index (χ1v) is 11.3. The number of nitrogens with zero attached hydrogens (tertiary/aromatic N) is 1. The van der Waals surface area contributed by atoms with Crippen LogP contribution in [0.4, 0.5) is 0 Å². The zero-order chi connectivity index (χ0) is 18.0. The molecule has 26 heavy (non-hydrogen) atoms. The van der Waals surface area contributed by atoms with Gasteiger partial charge in [0, 0.05) is 11.4 Å². The van der Waals surface area contributed by atoms with Gasteiger partial charge in [-0.3, -0.25) is 4.90 Å². The van der Waals surface area contributed by atoms with E-state index in [1.54, 1.807) is 23.5 Å². The number of fused-ring (bicyclic) bond motifs is 1. The number of likely N-dealkylation sites (tertiary alicyclic amines) is 1. The van der Waals surface area contributed by atoms with Gasteiger partial charge in [-0.2, -0.15) is 0 Å². The zero-order valence-electron chi connectivity index (χ0n) is 14.5. The van der Waals surface area contributed by atoms with Crippen molar-refractivity contribution in [3.8, 4) is 0 Å². The third-order valence-corrected chi connectivity index (χ3v) is 7.35. The molecule has 2 aromatic carbocycles. The molecule has 1 saturated heterocycles. The van der Waals surface area contributed by atoms with Gasteiger partial charge in [-0.1, -0.05) is 36.4 Å². The second-order valence-corrected chi connectivity index (χ2v) is 9.38. The third kappa shape index (κ3) is 3.69. The summed E-state index contributed by atoms with van der Waals surface area (Å²) in [6.45, 7) is 2.45. The van der Waals surface area contributed by atoms with Crippen molar-refractivity contribution in [1.29, 1.82) is 0 Å². The molecular formula is C20H22N2O2S2. The molecule has 1 aromatic heterocycles. The molecule has 0 aliphatic carbocycles. The van der Waals surface area contributed by atoms with Crippen LogP contribution in [-0.2, 0) is 10.0 Å². The topological polar surface area (TPSA) is 49.4 Å². The predicted molar refractivity (Wildman–Crippen MR) is 107 cm³/mol. The van der Waals surface area contributed by atoms with Gasteiger partial charge in [0.1, 0.15) is 0 Å². The molecular weight excluding hydrogens is 364 g/mol. The number of nitrogens with one attached hydrogen (secondary N) is 1. The number of hydrogen-bond acceptors (Lipinski definition) is 4. The highest BCUT2D eigenvalue weighted by molar-refractivity contribution is 7.89. The Hall–Kier alpha value is -1.73. The summed E-state index contributed by atoms with van der Waals surface area (Å²) in [5.74, 6) is 0. The second kappa shape index (κ2) is 7.48. The molecule has 1 unspecified atom stereocenters. The number of rotatable bonds is 6. The Morgan fingerprint density at radius 2 is 1.77 bits per heavy atom. The highest BCUT2D eigenvalue weighted by Crippen LogP contribution is 2.28. The summed E-state index contributed by atoms with van der Waals surface area (Å²) in [6, 6.07) is 17.3. The first kappa shape index (κ1) is 17.7. The highest BCUT2D eigenvalue weighted by atomic mass is 32.2. The highest BCUT2D eigenvalue weighted by Gasteiger charge is 2.26. The number of sulfonamides is 1. The fourth-order valence-electron chi connectivity index (χ4n) is 3.55. The SMILES string of the molecule is O=S(=O)(NCC(c1cccs1)N1CCCC1)c1ccc2ccccc2c1. The van der Waals surface area contributed by atoms with Crippen LogP contribution >= 0.6 is 11.3 Å². The Labute approximate surface area is 158 Å². The molecule has 0 radical (unpaired) electrons. The lowest BCUT2D eigenvalue weighted by Crippen LogP contribution is -2.36. The number of thiophene rings is 1. The number of hydrogen-bond donors (Lipinski definition) is 1. The smallest absolute Gasteiger partial charge is 0.240 e. The van der Waals surface area contributed by atoms with E-state index in [9.17, 15) is 8.42 Å². The Bertz CT molecular complexity index is 978. The Kier molecular flexibility index (Phi) is 5.09. The Morgan fingerprint density at radius 3 is 2.50 bits per heavy atom. The summed E-state index contributed by atoms with van der Waals surface area (Å²) >= 11 is 1.69. The van der Waals surface area contributed by atoms with Crippen molar-refractivity contribution < 1.29 is 8.42 Å². The molecule has 2 heterocycles. The molecule has 0 saturated carbocycles. The van der Waals surface area contributed by atoms with E-state index in [2.05, 4.69) is 21.1 Å². The minimum Gasteiger partial charge on any atom is -0.294 e. The monoisotopic (exact) mass is 386 g/mol. The molecule has 1 aliphatic rings. The van der Waals surface area contributed by atoms with Crippen LogP contribution in [-0.4, -0.2) is 33.0 Å². The van der Waals surface area contributed by atoms with Crippen molar-refractivity contribution in [3.63, 3.8) is 0 Å². The van der Waals surface area contributed by atoms with Gasteiger partial charge in [0.25, 0.3) is 0 Å². The number of benzene rings is 2. The Morgan fingerprint density at radius 1 is 1.00 bits per heavy atom. The summed E-state index contributed by atoms with van der Waals surface area (Å²) in [4.78, 5) is 3.92. The first-order chi connectivity index (χ1) is 12.6. The Balaban J connectivity index is 1.55. The van der Waals surface area contributed by atoms with Crippen LogP contribution in [0.5, 0.6) is 0 Å². The van der Waals surface area contributed by atoms with E-state index in [1.165, 1.54) is 17.7 Å². The average molecular weight is 387 g/mol. The van der Waals surface area contributed by atoms with Crippen LogP contribution in [0.1, 0.15) is 23.8 Å². The minimum absolute atomic E-state index is 0.104. The van der Waals surface area contributed by atoms with E-state index < -0.39 is 10.0 Å². The van der Waals surface area contributed by atoms with Crippen LogP contribution in [0.2, 0.25) is 0 Å². The van der Waals surface area contributed by atoms with Gasteiger partial charge in [-0.25, -0.2) is 13.1 Å². The van der Waals surface area contributed by atoms with Gasteiger partial charge in [0.05, 0.1) is 10.9 Å². The largest absolute Gasteiger partial charge is 0.294 e. The molecule has 4 rings (SSSR count). The molecule has 0 spiro atoms. The van der Waals surface area contributed by atoms with Crippen LogP contribution in [0.3, 0.4) is 0 Å². The second-order valence-electron chi connectivity index (χ2n) is 6.64. The van der Waals surface area contributed by atoms with E-state index in [4.69, 9.17) is 0 Å². The fraction of sp³-hybridized carbons (Fsp3) is 0.300. The summed E-state index contributed by atoms with van der Waals surface area (Å²) in [5, 5.41) is 4.03. The predicted octanol–water partition coefficient (Wildman–Crippen LogP) is 4.02. The van der Waals surface area contributed by atoms with Crippen LogP contribution in [0.25, 0.3) is 10.8 Å². The van der Waals surface area contributed by atoms with Crippen molar-refractivity contribution in [2.24, 2.45) is 0 Å². The standard InChI is InChI=1S/C20H22N2O2S2/c23-26(24,18-10-9-16-6-1-2-7-17(16)14-18)21-15-19(20-8-5-13-25-20)22-11-3-4-12-22/h1-2,5-10,13-14,19,21H,3-4,11-12,15H2. The summed E-state index contributed by atoms with van der Waals surface area (Å²) < 4.78 is 28.5. The molecule has 0 bridgehead atoms. The van der Waals surface area contributed by atoms with Crippen molar-refractivity contribution in [2.45, 2.75) is 23.8 Å². The lowest BCUT2D eigenvalue weighted by Gasteiger charge is -2.26. The average Bonchev–Trinajstić information content (AvgIpc) is 3.36. The van der Waals surface area contributed by atoms with Gasteiger partial charge in [-0.05, 0) is 60.3 Å². The normalized spacial score (nSPS) is 16.9. The molecule has 1 fully saturated rings. The lowest BCUT2D eigenvalue weighted by molar-refractivity contribution is 0.250. The quantitative estimate of drug-likeness (QED) is 0.696. The maximum absolute atomic E-state index is 12.8. The minimum atomic E-state index is -3.54. The van der Waals surface area contributed by atoms with Gasteiger partial charge in [-0.15, -0.1) is 11.3 Å².